The quantitative estimate of drug-likeness (QED) is 0.675. The number of hydrogen-bond donors (Lipinski definition) is 2. The van der Waals surface area contributed by atoms with Crippen LogP contribution in [0.1, 0.15) is 67.7 Å². The first-order chi connectivity index (χ1) is 12.9. The van der Waals surface area contributed by atoms with Crippen LogP contribution in [0, 0.1) is 17.2 Å². The van der Waals surface area contributed by atoms with Crippen molar-refractivity contribution in [1.82, 2.24) is 10.2 Å². The lowest BCUT2D eigenvalue weighted by Crippen LogP contribution is -2.63. The third kappa shape index (κ3) is 5.96. The summed E-state index contributed by atoms with van der Waals surface area (Å²) in [5, 5.41) is 23.7. The summed E-state index contributed by atoms with van der Waals surface area (Å²) in [4.78, 5) is 26.3. The molecule has 0 spiro atoms. The summed E-state index contributed by atoms with van der Waals surface area (Å²) in [5.74, 6) is -0.493. The zero-order valence-electron chi connectivity index (χ0n) is 18.2. The van der Waals surface area contributed by atoms with Crippen LogP contribution < -0.4 is 5.32 Å². The molecule has 0 aromatic carbocycles. The summed E-state index contributed by atoms with van der Waals surface area (Å²) in [6, 6.07) is 0.153. The molecule has 0 bridgehead atoms. The Morgan fingerprint density at radius 2 is 2.00 bits per heavy atom. The first-order valence-electron chi connectivity index (χ1n) is 9.91. The molecule has 7 heteroatoms. The molecule has 158 valence electrons. The Labute approximate surface area is 168 Å². The van der Waals surface area contributed by atoms with E-state index in [1.165, 1.54) is 11.8 Å². The average molecular weight is 394 g/mol. The van der Waals surface area contributed by atoms with Crippen LogP contribution in [0.3, 0.4) is 0 Å². The number of rotatable bonds is 6. The zero-order valence-corrected chi connectivity index (χ0v) is 18.2. The molecule has 5 atom stereocenters. The van der Waals surface area contributed by atoms with Gasteiger partial charge in [0.15, 0.2) is 0 Å². The molecule has 28 heavy (non-hydrogen) atoms. The monoisotopic (exact) mass is 393 g/mol. The van der Waals surface area contributed by atoms with E-state index in [0.717, 1.165) is 0 Å². The molecule has 1 saturated heterocycles. The molecule has 0 aromatic rings. The maximum Gasteiger partial charge on any atom is 0.411 e. The highest BCUT2D eigenvalue weighted by Gasteiger charge is 2.52. The topological polar surface area (TPSA) is 103 Å². The minimum Gasteiger partial charge on any atom is -0.444 e. The number of nitrogens with zero attached hydrogens (tertiary/aromatic N) is 2. The van der Waals surface area contributed by atoms with Crippen molar-refractivity contribution in [2.24, 2.45) is 5.92 Å². The van der Waals surface area contributed by atoms with Gasteiger partial charge in [-0.25, -0.2) is 4.79 Å². The van der Waals surface area contributed by atoms with Crippen LogP contribution in [-0.4, -0.2) is 51.3 Å². The molecule has 0 unspecified atom stereocenters. The first kappa shape index (κ1) is 24.0. The molecule has 2 N–H and O–H groups in total. The Balaban J connectivity index is 3.48. The second-order valence-electron chi connectivity index (χ2n) is 8.73. The van der Waals surface area contributed by atoms with Crippen LogP contribution in [0.4, 0.5) is 4.79 Å². The summed E-state index contributed by atoms with van der Waals surface area (Å²) in [6.45, 7) is 12.1. The predicted octanol–water partition coefficient (Wildman–Crippen LogP) is 3.14. The fourth-order valence-electron chi connectivity index (χ4n) is 3.94. The lowest BCUT2D eigenvalue weighted by atomic mass is 9.81. The number of ether oxygens (including phenoxy) is 1. The average Bonchev–Trinajstić information content (AvgIpc) is 2.89. The largest absolute Gasteiger partial charge is 0.444 e. The van der Waals surface area contributed by atoms with Crippen molar-refractivity contribution in [1.29, 1.82) is 5.26 Å². The number of allylic oxidation sites excluding steroid dienone is 1. The van der Waals surface area contributed by atoms with E-state index < -0.39 is 35.4 Å². The van der Waals surface area contributed by atoms with E-state index in [4.69, 9.17) is 4.74 Å². The number of nitriles is 1. The van der Waals surface area contributed by atoms with Gasteiger partial charge in [-0.3, -0.25) is 9.69 Å². The molecule has 1 fully saturated rings. The second kappa shape index (κ2) is 9.42. The smallest absolute Gasteiger partial charge is 0.411 e. The Morgan fingerprint density at radius 1 is 1.39 bits per heavy atom. The Bertz CT molecular complexity index is 631. The normalized spacial score (nSPS) is 25.8. The van der Waals surface area contributed by atoms with Gasteiger partial charge in [0, 0.05) is 12.8 Å². The van der Waals surface area contributed by atoms with Crippen LogP contribution in [0.5, 0.6) is 0 Å². The lowest BCUT2D eigenvalue weighted by molar-refractivity contribution is -0.123. The van der Waals surface area contributed by atoms with Crippen LogP contribution in [0.25, 0.3) is 0 Å². The molecule has 0 aliphatic carbocycles. The van der Waals surface area contributed by atoms with E-state index >= 15 is 0 Å². The number of nitrogens with one attached hydrogen (secondary N) is 1. The summed E-state index contributed by atoms with van der Waals surface area (Å²) in [5.41, 5.74) is -1.98. The Hall–Kier alpha value is -2.07. The second-order valence-corrected chi connectivity index (χ2v) is 8.73. The van der Waals surface area contributed by atoms with Crippen molar-refractivity contribution in [2.75, 3.05) is 0 Å². The molecule has 1 aliphatic rings. The molecule has 0 aromatic heterocycles. The van der Waals surface area contributed by atoms with Gasteiger partial charge in [-0.15, -0.1) is 0 Å². The SMILES string of the molecule is CC=C[C@@H]1C[C@H](C#N)N(C(=O)OC(C)(C)C)[C@H]1[C@@H](NC(C)=O)[C@@](C)(O)CCC. The van der Waals surface area contributed by atoms with E-state index in [9.17, 15) is 20.0 Å². The Kier molecular flexibility index (Phi) is 8.06. The van der Waals surface area contributed by atoms with Crippen molar-refractivity contribution in [2.45, 2.75) is 97.1 Å². The molecule has 1 rings (SSSR count). The highest BCUT2D eigenvalue weighted by atomic mass is 16.6. The van der Waals surface area contributed by atoms with Gasteiger partial charge in [0.2, 0.25) is 5.91 Å². The van der Waals surface area contributed by atoms with E-state index in [0.29, 0.717) is 19.3 Å². The summed E-state index contributed by atoms with van der Waals surface area (Å²) < 4.78 is 5.56. The molecule has 1 heterocycles. The van der Waals surface area contributed by atoms with Gasteiger partial charge in [-0.2, -0.15) is 5.26 Å². The number of amides is 2. The van der Waals surface area contributed by atoms with E-state index in [1.54, 1.807) is 27.7 Å². The van der Waals surface area contributed by atoms with Crippen LogP contribution in [-0.2, 0) is 9.53 Å². The molecule has 7 nitrogen and oxygen atoms in total. The van der Waals surface area contributed by atoms with Gasteiger partial charge in [-0.05, 0) is 47.5 Å². The minimum absolute atomic E-state index is 0.192. The fraction of sp³-hybridized carbons (Fsp3) is 0.762. The van der Waals surface area contributed by atoms with Gasteiger partial charge in [0.1, 0.15) is 11.6 Å². The third-order valence-corrected chi connectivity index (χ3v) is 4.91. The molecule has 0 radical (unpaired) electrons. The predicted molar refractivity (Wildman–Crippen MR) is 107 cm³/mol. The lowest BCUT2D eigenvalue weighted by Gasteiger charge is -2.42. The van der Waals surface area contributed by atoms with Crippen LogP contribution >= 0.6 is 0 Å². The van der Waals surface area contributed by atoms with Gasteiger partial charge < -0.3 is 15.2 Å². The maximum atomic E-state index is 13.0. The molecular formula is C21H35N3O4. The van der Waals surface area contributed by atoms with Crippen LogP contribution in [0.15, 0.2) is 12.2 Å². The van der Waals surface area contributed by atoms with Crippen molar-refractivity contribution in [3.63, 3.8) is 0 Å². The van der Waals surface area contributed by atoms with E-state index in [2.05, 4.69) is 11.4 Å². The summed E-state index contributed by atoms with van der Waals surface area (Å²) >= 11 is 0. The van der Waals surface area contributed by atoms with Crippen molar-refractivity contribution < 1.29 is 19.4 Å². The number of likely N-dealkylation sites (tertiary alicyclic amines) is 1. The number of carbonyl (C=O) groups excluding carboxylic acids is 2. The fourth-order valence-corrected chi connectivity index (χ4v) is 3.94. The summed E-state index contributed by atoms with van der Waals surface area (Å²) in [7, 11) is 0. The molecule has 2 amide bonds. The third-order valence-electron chi connectivity index (χ3n) is 4.91. The number of carbonyl (C=O) groups is 2. The van der Waals surface area contributed by atoms with Gasteiger partial charge in [0.05, 0.1) is 23.8 Å². The maximum absolute atomic E-state index is 13.0. The summed E-state index contributed by atoms with van der Waals surface area (Å²) in [6.07, 6.45) is 4.75. The van der Waals surface area contributed by atoms with Crippen molar-refractivity contribution in [3.8, 4) is 6.07 Å². The van der Waals surface area contributed by atoms with Crippen LogP contribution in [0.2, 0.25) is 0 Å². The van der Waals surface area contributed by atoms with Crippen molar-refractivity contribution >= 4 is 12.0 Å². The molecular weight excluding hydrogens is 358 g/mol. The highest BCUT2D eigenvalue weighted by molar-refractivity contribution is 5.74. The Morgan fingerprint density at radius 3 is 2.43 bits per heavy atom. The van der Waals surface area contributed by atoms with Crippen molar-refractivity contribution in [3.05, 3.63) is 12.2 Å². The number of aliphatic hydroxyl groups is 1. The zero-order chi connectivity index (χ0) is 21.7. The molecule has 1 aliphatic heterocycles. The van der Waals surface area contributed by atoms with E-state index in [-0.39, 0.29) is 11.8 Å². The minimum atomic E-state index is -1.25. The molecule has 0 saturated carbocycles. The van der Waals surface area contributed by atoms with Gasteiger partial charge in [-0.1, -0.05) is 25.5 Å². The highest BCUT2D eigenvalue weighted by Crippen LogP contribution is 2.38. The van der Waals surface area contributed by atoms with Gasteiger partial charge >= 0.3 is 6.09 Å². The van der Waals surface area contributed by atoms with E-state index in [1.807, 2.05) is 26.0 Å². The number of hydrogen-bond acceptors (Lipinski definition) is 5. The first-order valence-corrected chi connectivity index (χ1v) is 9.91. The standard InChI is InChI=1S/C21H35N3O4/c1-8-10-15-12-16(13-22)24(19(26)28-20(4,5)6)17(15)18(23-14(3)25)21(7,27)11-9-2/h8,10,15-18,27H,9,11-12H2,1-7H3,(H,23,25)/t15-,16-,17-,18-,21+/m1/s1. The van der Waals surface area contributed by atoms with Gasteiger partial charge in [0.25, 0.3) is 0 Å².